The Bertz CT molecular complexity index is 447. The van der Waals surface area contributed by atoms with Crippen LogP contribution in [-0.2, 0) is 0 Å². The molecule has 1 saturated carbocycles. The number of carbonyl (C=O) groups is 1. The number of nitrogens with one attached hydrogen (secondary N) is 1. The van der Waals surface area contributed by atoms with Crippen LogP contribution < -0.4 is 5.32 Å². The number of aliphatic hydroxyl groups is 1. The van der Waals surface area contributed by atoms with Crippen molar-refractivity contribution in [2.24, 2.45) is 0 Å². The SMILES string of the molecule is Cc1cc(C(=O)NC2CCCC(O)C2)ccc1Br. The van der Waals surface area contributed by atoms with Crippen LogP contribution in [0.25, 0.3) is 0 Å². The summed E-state index contributed by atoms with van der Waals surface area (Å²) in [5.41, 5.74) is 1.72. The first kappa shape index (κ1) is 13.6. The first-order valence-corrected chi connectivity index (χ1v) is 7.10. The van der Waals surface area contributed by atoms with E-state index in [1.165, 1.54) is 0 Å². The molecule has 0 radical (unpaired) electrons. The molecule has 2 N–H and O–H groups in total. The van der Waals surface area contributed by atoms with Crippen LogP contribution in [0.3, 0.4) is 0 Å². The number of carbonyl (C=O) groups excluding carboxylic acids is 1. The predicted molar refractivity (Wildman–Crippen MR) is 74.6 cm³/mol. The summed E-state index contributed by atoms with van der Waals surface area (Å²) in [7, 11) is 0. The van der Waals surface area contributed by atoms with Crippen LogP contribution in [0.4, 0.5) is 0 Å². The van der Waals surface area contributed by atoms with Gasteiger partial charge in [-0.3, -0.25) is 4.79 Å². The number of aliphatic hydroxyl groups excluding tert-OH is 1. The minimum Gasteiger partial charge on any atom is -0.393 e. The van der Waals surface area contributed by atoms with E-state index in [9.17, 15) is 9.90 Å². The number of halogens is 1. The van der Waals surface area contributed by atoms with Gasteiger partial charge in [-0.05, 0) is 56.4 Å². The number of aryl methyl sites for hydroxylation is 1. The molecule has 0 aromatic heterocycles. The van der Waals surface area contributed by atoms with Crippen molar-refractivity contribution in [3.05, 3.63) is 33.8 Å². The third kappa shape index (κ3) is 3.33. The molecule has 0 heterocycles. The Hall–Kier alpha value is -0.870. The van der Waals surface area contributed by atoms with Crippen molar-refractivity contribution in [3.8, 4) is 0 Å². The van der Waals surface area contributed by atoms with Crippen LogP contribution in [0.15, 0.2) is 22.7 Å². The van der Waals surface area contributed by atoms with Crippen LogP contribution in [0.2, 0.25) is 0 Å². The molecule has 1 amide bonds. The van der Waals surface area contributed by atoms with Gasteiger partial charge in [0.15, 0.2) is 0 Å². The zero-order valence-corrected chi connectivity index (χ0v) is 12.0. The maximum absolute atomic E-state index is 12.1. The van der Waals surface area contributed by atoms with E-state index in [0.717, 1.165) is 29.3 Å². The van der Waals surface area contributed by atoms with E-state index in [4.69, 9.17) is 0 Å². The second kappa shape index (κ2) is 5.85. The molecule has 2 unspecified atom stereocenters. The second-order valence-corrected chi connectivity index (χ2v) is 5.81. The van der Waals surface area contributed by atoms with Gasteiger partial charge < -0.3 is 10.4 Å². The maximum Gasteiger partial charge on any atom is 0.251 e. The van der Waals surface area contributed by atoms with Gasteiger partial charge in [-0.1, -0.05) is 15.9 Å². The minimum atomic E-state index is -0.268. The molecule has 2 atom stereocenters. The number of hydrogen-bond donors (Lipinski definition) is 2. The summed E-state index contributed by atoms with van der Waals surface area (Å²) in [5.74, 6) is -0.0512. The zero-order valence-electron chi connectivity index (χ0n) is 10.4. The Morgan fingerprint density at radius 1 is 1.44 bits per heavy atom. The second-order valence-electron chi connectivity index (χ2n) is 4.95. The van der Waals surface area contributed by atoms with Gasteiger partial charge in [0.2, 0.25) is 0 Å². The molecular formula is C14H18BrNO2. The van der Waals surface area contributed by atoms with Crippen LogP contribution >= 0.6 is 15.9 Å². The number of amides is 1. The fourth-order valence-electron chi connectivity index (χ4n) is 2.35. The van der Waals surface area contributed by atoms with Crippen LogP contribution in [0, 0.1) is 6.92 Å². The molecule has 1 aromatic rings. The van der Waals surface area contributed by atoms with Crippen molar-refractivity contribution in [2.75, 3.05) is 0 Å². The molecule has 0 spiro atoms. The molecule has 98 valence electrons. The van der Waals surface area contributed by atoms with Gasteiger partial charge in [-0.15, -0.1) is 0 Å². The van der Waals surface area contributed by atoms with Crippen molar-refractivity contribution < 1.29 is 9.90 Å². The molecule has 1 aliphatic rings. The normalized spacial score (nSPS) is 23.7. The van der Waals surface area contributed by atoms with Gasteiger partial charge >= 0.3 is 0 Å². The average molecular weight is 312 g/mol. The van der Waals surface area contributed by atoms with E-state index in [-0.39, 0.29) is 18.1 Å². The van der Waals surface area contributed by atoms with Gasteiger partial charge in [-0.25, -0.2) is 0 Å². The number of hydrogen-bond acceptors (Lipinski definition) is 2. The molecule has 4 heteroatoms. The lowest BCUT2D eigenvalue weighted by molar-refractivity contribution is 0.0849. The molecule has 3 nitrogen and oxygen atoms in total. The van der Waals surface area contributed by atoms with Gasteiger partial charge in [0.05, 0.1) is 6.10 Å². The van der Waals surface area contributed by atoms with E-state index < -0.39 is 0 Å². The summed E-state index contributed by atoms with van der Waals surface area (Å²) >= 11 is 3.42. The zero-order chi connectivity index (χ0) is 13.1. The van der Waals surface area contributed by atoms with Gasteiger partial charge in [0.25, 0.3) is 5.91 Å². The molecule has 0 aliphatic heterocycles. The highest BCUT2D eigenvalue weighted by Crippen LogP contribution is 2.20. The van der Waals surface area contributed by atoms with Crippen molar-refractivity contribution in [3.63, 3.8) is 0 Å². The summed E-state index contributed by atoms with van der Waals surface area (Å²) in [6.07, 6.45) is 3.19. The Morgan fingerprint density at radius 3 is 2.89 bits per heavy atom. The molecule has 0 saturated heterocycles. The average Bonchev–Trinajstić information content (AvgIpc) is 2.32. The van der Waals surface area contributed by atoms with E-state index in [0.29, 0.717) is 12.0 Å². The van der Waals surface area contributed by atoms with E-state index >= 15 is 0 Å². The fraction of sp³-hybridized carbons (Fsp3) is 0.500. The molecule has 18 heavy (non-hydrogen) atoms. The quantitative estimate of drug-likeness (QED) is 0.882. The maximum atomic E-state index is 12.1. The highest BCUT2D eigenvalue weighted by Gasteiger charge is 2.22. The van der Waals surface area contributed by atoms with Gasteiger partial charge in [-0.2, -0.15) is 0 Å². The number of benzene rings is 1. The van der Waals surface area contributed by atoms with Crippen molar-refractivity contribution in [1.82, 2.24) is 5.32 Å². The summed E-state index contributed by atoms with van der Waals surface area (Å²) < 4.78 is 1.01. The van der Waals surface area contributed by atoms with E-state index in [1.807, 2.05) is 25.1 Å². The lowest BCUT2D eigenvalue weighted by Crippen LogP contribution is -2.39. The van der Waals surface area contributed by atoms with Crippen LogP contribution in [0.1, 0.15) is 41.6 Å². The summed E-state index contributed by atoms with van der Waals surface area (Å²) in [5, 5.41) is 12.6. The highest BCUT2D eigenvalue weighted by molar-refractivity contribution is 9.10. The largest absolute Gasteiger partial charge is 0.393 e. The van der Waals surface area contributed by atoms with E-state index in [2.05, 4.69) is 21.2 Å². The summed E-state index contributed by atoms with van der Waals surface area (Å²) in [6, 6.07) is 5.68. The lowest BCUT2D eigenvalue weighted by atomic mass is 9.93. The topological polar surface area (TPSA) is 49.3 Å². The molecular weight excluding hydrogens is 294 g/mol. The molecule has 1 aliphatic carbocycles. The third-order valence-corrected chi connectivity index (χ3v) is 4.29. The Labute approximate surface area is 116 Å². The first-order valence-electron chi connectivity index (χ1n) is 6.31. The molecule has 1 fully saturated rings. The first-order chi connectivity index (χ1) is 8.56. The van der Waals surface area contributed by atoms with Crippen molar-refractivity contribution >= 4 is 21.8 Å². The monoisotopic (exact) mass is 311 g/mol. The van der Waals surface area contributed by atoms with Crippen LogP contribution in [0.5, 0.6) is 0 Å². The van der Waals surface area contributed by atoms with Gasteiger partial charge in [0.1, 0.15) is 0 Å². The predicted octanol–water partition coefficient (Wildman–Crippen LogP) is 2.79. The third-order valence-electron chi connectivity index (χ3n) is 3.40. The standard InChI is InChI=1S/C14H18BrNO2/c1-9-7-10(5-6-13(9)15)14(18)16-11-3-2-4-12(17)8-11/h5-7,11-12,17H,2-4,8H2,1H3,(H,16,18). The Balaban J connectivity index is 2.00. The minimum absolute atomic E-state index is 0.0512. The summed E-state index contributed by atoms with van der Waals surface area (Å²) in [6.45, 7) is 1.96. The van der Waals surface area contributed by atoms with Crippen molar-refractivity contribution in [1.29, 1.82) is 0 Å². The highest BCUT2D eigenvalue weighted by atomic mass is 79.9. The van der Waals surface area contributed by atoms with Crippen molar-refractivity contribution in [2.45, 2.75) is 44.8 Å². The van der Waals surface area contributed by atoms with Crippen LogP contribution in [-0.4, -0.2) is 23.2 Å². The van der Waals surface area contributed by atoms with E-state index in [1.54, 1.807) is 0 Å². The smallest absolute Gasteiger partial charge is 0.251 e. The number of rotatable bonds is 2. The molecule has 0 bridgehead atoms. The lowest BCUT2D eigenvalue weighted by Gasteiger charge is -2.26. The molecule has 2 rings (SSSR count). The summed E-state index contributed by atoms with van der Waals surface area (Å²) in [4.78, 5) is 12.1. The fourth-order valence-corrected chi connectivity index (χ4v) is 2.60. The molecule has 1 aromatic carbocycles. The Morgan fingerprint density at radius 2 is 2.22 bits per heavy atom. The van der Waals surface area contributed by atoms with Gasteiger partial charge in [0, 0.05) is 16.1 Å². The Kier molecular flexibility index (Phi) is 4.40.